The fourth-order valence-corrected chi connectivity index (χ4v) is 3.63. The van der Waals surface area contributed by atoms with E-state index in [4.69, 9.17) is 5.14 Å². The summed E-state index contributed by atoms with van der Waals surface area (Å²) in [6.07, 6.45) is 3.15. The lowest BCUT2D eigenvalue weighted by Gasteiger charge is -2.05. The van der Waals surface area contributed by atoms with Crippen molar-refractivity contribution in [2.24, 2.45) is 10.6 Å². The standard InChI is InChI=1S/C17H19N3O3S/c1-17(2)14(11-5-7-13(8-6-11)24(18,22)23)15(17)20-16(21)12-4-3-9-19-10-12/h3-10,14-15H,1-2H3,(H,20,21)(H2,18,22,23)/t14-,15-/m0/s1. The molecule has 1 heterocycles. The fraction of sp³-hybridized carbons (Fsp3) is 0.294. The van der Waals surface area contributed by atoms with Crippen molar-refractivity contribution < 1.29 is 13.2 Å². The molecule has 1 saturated carbocycles. The lowest BCUT2D eigenvalue weighted by molar-refractivity contribution is 0.0945. The topological polar surface area (TPSA) is 102 Å². The van der Waals surface area contributed by atoms with Crippen LogP contribution in [0.3, 0.4) is 0 Å². The van der Waals surface area contributed by atoms with Gasteiger partial charge in [-0.15, -0.1) is 0 Å². The first kappa shape index (κ1) is 16.6. The van der Waals surface area contributed by atoms with Gasteiger partial charge in [0.15, 0.2) is 0 Å². The second-order valence-corrected chi connectivity index (χ2v) is 8.17. The summed E-state index contributed by atoms with van der Waals surface area (Å²) in [6.45, 7) is 4.14. The lowest BCUT2D eigenvalue weighted by atomic mass is 10.0. The molecule has 2 aromatic rings. The van der Waals surface area contributed by atoms with Crippen LogP contribution in [-0.4, -0.2) is 25.4 Å². The van der Waals surface area contributed by atoms with E-state index < -0.39 is 10.0 Å². The number of aromatic nitrogens is 1. The minimum atomic E-state index is -3.70. The van der Waals surface area contributed by atoms with Crippen molar-refractivity contribution in [2.45, 2.75) is 30.7 Å². The van der Waals surface area contributed by atoms with Gasteiger partial charge in [0.05, 0.1) is 10.5 Å². The smallest absolute Gasteiger partial charge is 0.253 e. The molecule has 1 aromatic carbocycles. The Morgan fingerprint density at radius 3 is 2.42 bits per heavy atom. The lowest BCUT2D eigenvalue weighted by Crippen LogP contribution is -2.28. The number of amides is 1. The molecule has 1 aliphatic carbocycles. The Balaban J connectivity index is 1.77. The maximum absolute atomic E-state index is 12.3. The molecular weight excluding hydrogens is 326 g/mol. The third kappa shape index (κ3) is 3.05. The Morgan fingerprint density at radius 1 is 1.21 bits per heavy atom. The molecule has 0 radical (unpaired) electrons. The molecule has 1 fully saturated rings. The molecule has 1 amide bonds. The van der Waals surface area contributed by atoms with Crippen LogP contribution in [0, 0.1) is 5.41 Å². The van der Waals surface area contributed by atoms with E-state index >= 15 is 0 Å². The van der Waals surface area contributed by atoms with Crippen LogP contribution >= 0.6 is 0 Å². The summed E-state index contributed by atoms with van der Waals surface area (Å²) < 4.78 is 22.7. The predicted octanol–water partition coefficient (Wildman–Crippen LogP) is 1.65. The van der Waals surface area contributed by atoms with Gasteiger partial charge < -0.3 is 5.32 Å². The minimum absolute atomic E-state index is 0.0226. The first-order chi connectivity index (χ1) is 11.2. The van der Waals surface area contributed by atoms with Gasteiger partial charge in [-0.25, -0.2) is 13.6 Å². The summed E-state index contributed by atoms with van der Waals surface area (Å²) in [5.41, 5.74) is 1.38. The second kappa shape index (κ2) is 5.68. The number of hydrogen-bond acceptors (Lipinski definition) is 4. The van der Waals surface area contributed by atoms with Crippen LogP contribution in [0.15, 0.2) is 53.7 Å². The van der Waals surface area contributed by atoms with Gasteiger partial charge in [-0.1, -0.05) is 26.0 Å². The van der Waals surface area contributed by atoms with E-state index in [9.17, 15) is 13.2 Å². The Hall–Kier alpha value is -2.25. The van der Waals surface area contributed by atoms with E-state index in [2.05, 4.69) is 24.1 Å². The van der Waals surface area contributed by atoms with Crippen molar-refractivity contribution in [1.82, 2.24) is 10.3 Å². The molecule has 1 aromatic heterocycles. The molecule has 0 saturated heterocycles. The van der Waals surface area contributed by atoms with Crippen LogP contribution < -0.4 is 10.5 Å². The molecule has 0 spiro atoms. The Labute approximate surface area is 141 Å². The molecule has 7 heteroatoms. The van der Waals surface area contributed by atoms with E-state index in [1.807, 2.05) is 0 Å². The van der Waals surface area contributed by atoms with E-state index in [1.54, 1.807) is 30.5 Å². The monoisotopic (exact) mass is 345 g/mol. The second-order valence-electron chi connectivity index (χ2n) is 6.61. The first-order valence-electron chi connectivity index (χ1n) is 7.55. The summed E-state index contributed by atoms with van der Waals surface area (Å²) in [7, 11) is -3.70. The van der Waals surface area contributed by atoms with E-state index in [1.165, 1.54) is 18.3 Å². The van der Waals surface area contributed by atoms with Crippen LogP contribution in [0.4, 0.5) is 0 Å². The number of rotatable bonds is 4. The van der Waals surface area contributed by atoms with Gasteiger partial charge in [-0.2, -0.15) is 0 Å². The van der Waals surface area contributed by atoms with Gasteiger partial charge in [-0.05, 0) is 35.2 Å². The predicted molar refractivity (Wildman–Crippen MR) is 89.8 cm³/mol. The summed E-state index contributed by atoms with van der Waals surface area (Å²) >= 11 is 0. The number of benzene rings is 1. The molecule has 126 valence electrons. The number of carbonyl (C=O) groups is 1. The molecule has 2 atom stereocenters. The maximum Gasteiger partial charge on any atom is 0.253 e. The van der Waals surface area contributed by atoms with Crippen molar-refractivity contribution in [1.29, 1.82) is 0 Å². The number of nitrogens with zero attached hydrogens (tertiary/aromatic N) is 1. The third-order valence-electron chi connectivity index (χ3n) is 4.61. The molecule has 1 aliphatic rings. The molecule has 0 aliphatic heterocycles. The summed E-state index contributed by atoms with van der Waals surface area (Å²) in [4.78, 5) is 16.3. The number of carbonyl (C=O) groups excluding carboxylic acids is 1. The summed E-state index contributed by atoms with van der Waals surface area (Å²) in [5.74, 6) is -0.0440. The SMILES string of the molecule is CC1(C)[C@@H](NC(=O)c2cccnc2)[C@@H]1c1ccc(S(N)(=O)=O)cc1. The van der Waals surface area contributed by atoms with E-state index in [0.717, 1.165) is 5.56 Å². The number of hydrogen-bond donors (Lipinski definition) is 2. The van der Waals surface area contributed by atoms with Gasteiger partial charge in [0.2, 0.25) is 10.0 Å². The molecule has 6 nitrogen and oxygen atoms in total. The van der Waals surface area contributed by atoms with Crippen molar-refractivity contribution >= 4 is 15.9 Å². The average Bonchev–Trinajstić information content (AvgIpc) is 3.08. The Morgan fingerprint density at radius 2 is 1.88 bits per heavy atom. The molecule has 3 rings (SSSR count). The van der Waals surface area contributed by atoms with E-state index in [0.29, 0.717) is 5.56 Å². The zero-order valence-corrected chi connectivity index (χ0v) is 14.2. The first-order valence-corrected chi connectivity index (χ1v) is 9.09. The summed E-state index contributed by atoms with van der Waals surface area (Å²) in [6, 6.07) is 9.91. The van der Waals surface area contributed by atoms with E-state index in [-0.39, 0.29) is 28.2 Å². The van der Waals surface area contributed by atoms with Crippen molar-refractivity contribution in [2.75, 3.05) is 0 Å². The summed E-state index contributed by atoms with van der Waals surface area (Å²) in [5, 5.41) is 8.15. The Bertz CT molecular complexity index is 862. The highest BCUT2D eigenvalue weighted by atomic mass is 32.2. The number of nitrogens with one attached hydrogen (secondary N) is 1. The third-order valence-corrected chi connectivity index (χ3v) is 5.53. The van der Waals surface area contributed by atoms with Gasteiger partial charge in [0.25, 0.3) is 5.91 Å². The van der Waals surface area contributed by atoms with Crippen molar-refractivity contribution in [3.05, 3.63) is 59.9 Å². The van der Waals surface area contributed by atoms with Crippen LogP contribution in [0.1, 0.15) is 35.7 Å². The van der Waals surface area contributed by atoms with Crippen molar-refractivity contribution in [3.8, 4) is 0 Å². The normalized spacial score (nSPS) is 22.0. The highest BCUT2D eigenvalue weighted by Gasteiger charge is 2.59. The number of sulfonamides is 1. The highest BCUT2D eigenvalue weighted by Crippen LogP contribution is 2.58. The van der Waals surface area contributed by atoms with Crippen LogP contribution in [0.25, 0.3) is 0 Å². The van der Waals surface area contributed by atoms with Gasteiger partial charge >= 0.3 is 0 Å². The van der Waals surface area contributed by atoms with Gasteiger partial charge in [0.1, 0.15) is 0 Å². The Kier molecular flexibility index (Phi) is 3.93. The van der Waals surface area contributed by atoms with Crippen molar-refractivity contribution in [3.63, 3.8) is 0 Å². The zero-order chi connectivity index (χ0) is 17.5. The molecule has 0 unspecified atom stereocenters. The quantitative estimate of drug-likeness (QED) is 0.879. The molecule has 3 N–H and O–H groups in total. The molecule has 24 heavy (non-hydrogen) atoms. The van der Waals surface area contributed by atoms with Gasteiger partial charge in [0, 0.05) is 24.4 Å². The molecular formula is C17H19N3O3S. The zero-order valence-electron chi connectivity index (χ0n) is 13.4. The number of pyridine rings is 1. The average molecular weight is 345 g/mol. The highest BCUT2D eigenvalue weighted by molar-refractivity contribution is 7.89. The number of nitrogens with two attached hydrogens (primary N) is 1. The molecule has 0 bridgehead atoms. The number of primary sulfonamides is 1. The van der Waals surface area contributed by atoms with Crippen LogP contribution in [-0.2, 0) is 10.0 Å². The van der Waals surface area contributed by atoms with Crippen LogP contribution in [0.2, 0.25) is 0 Å². The van der Waals surface area contributed by atoms with Crippen LogP contribution in [0.5, 0.6) is 0 Å². The van der Waals surface area contributed by atoms with Gasteiger partial charge in [-0.3, -0.25) is 9.78 Å². The minimum Gasteiger partial charge on any atom is -0.348 e. The fourth-order valence-electron chi connectivity index (χ4n) is 3.12. The maximum atomic E-state index is 12.3. The largest absolute Gasteiger partial charge is 0.348 e.